The molecule has 0 fully saturated rings. The maximum Gasteiger partial charge on any atom is 0.115 e. The summed E-state index contributed by atoms with van der Waals surface area (Å²) in [4.78, 5) is 0. The standard InChI is InChI=1S/C13H15ClO/c1-2-3-7-13(15)9-8-11-5-4-6-12(14)10-11/h4-6,10,13,15H,2-3,7H2,1H3. The molecule has 0 aliphatic heterocycles. The molecule has 1 aromatic carbocycles. The fourth-order valence-electron chi connectivity index (χ4n) is 1.20. The van der Waals surface area contributed by atoms with Crippen LogP contribution < -0.4 is 0 Å². The Morgan fingerprint density at radius 2 is 2.27 bits per heavy atom. The van der Waals surface area contributed by atoms with Crippen LogP contribution in [0.25, 0.3) is 0 Å². The molecule has 2 heteroatoms. The summed E-state index contributed by atoms with van der Waals surface area (Å²) in [5.41, 5.74) is 0.845. The molecule has 1 rings (SSSR count). The van der Waals surface area contributed by atoms with Crippen LogP contribution in [0.1, 0.15) is 31.7 Å². The molecule has 0 aliphatic carbocycles. The summed E-state index contributed by atoms with van der Waals surface area (Å²) in [5.74, 6) is 5.72. The van der Waals surface area contributed by atoms with Crippen molar-refractivity contribution in [2.75, 3.05) is 0 Å². The lowest BCUT2D eigenvalue weighted by Crippen LogP contribution is -2.01. The molecule has 0 spiro atoms. The molecule has 80 valence electrons. The summed E-state index contributed by atoms with van der Waals surface area (Å²) in [6, 6.07) is 7.33. The summed E-state index contributed by atoms with van der Waals surface area (Å²) in [5, 5.41) is 10.2. The second-order valence-corrected chi connectivity index (χ2v) is 3.87. The molecule has 0 amide bonds. The van der Waals surface area contributed by atoms with Gasteiger partial charge in [-0.15, -0.1) is 0 Å². The van der Waals surface area contributed by atoms with E-state index in [4.69, 9.17) is 11.6 Å². The number of benzene rings is 1. The van der Waals surface area contributed by atoms with Crippen LogP contribution in [0.3, 0.4) is 0 Å². The number of rotatable bonds is 3. The number of unbranched alkanes of at least 4 members (excludes halogenated alkanes) is 1. The van der Waals surface area contributed by atoms with E-state index >= 15 is 0 Å². The van der Waals surface area contributed by atoms with Gasteiger partial charge >= 0.3 is 0 Å². The van der Waals surface area contributed by atoms with Gasteiger partial charge in [-0.05, 0) is 24.6 Å². The molecule has 0 saturated carbocycles. The minimum absolute atomic E-state index is 0.524. The third kappa shape index (κ3) is 4.88. The van der Waals surface area contributed by atoms with Crippen LogP contribution in [0.15, 0.2) is 24.3 Å². The highest BCUT2D eigenvalue weighted by Gasteiger charge is 1.96. The first kappa shape index (κ1) is 12.1. The highest BCUT2D eigenvalue weighted by molar-refractivity contribution is 6.30. The van der Waals surface area contributed by atoms with E-state index in [0.29, 0.717) is 5.02 Å². The predicted octanol–water partition coefficient (Wildman–Crippen LogP) is 3.24. The Morgan fingerprint density at radius 1 is 1.47 bits per heavy atom. The number of hydrogen-bond donors (Lipinski definition) is 1. The van der Waals surface area contributed by atoms with Crippen LogP contribution in [-0.4, -0.2) is 11.2 Å². The van der Waals surface area contributed by atoms with Gasteiger partial charge in [-0.25, -0.2) is 0 Å². The largest absolute Gasteiger partial charge is 0.380 e. The van der Waals surface area contributed by atoms with Gasteiger partial charge in [0.15, 0.2) is 0 Å². The minimum Gasteiger partial charge on any atom is -0.380 e. The lowest BCUT2D eigenvalue weighted by atomic mass is 10.1. The van der Waals surface area contributed by atoms with Crippen LogP contribution in [-0.2, 0) is 0 Å². The molecule has 1 N–H and O–H groups in total. The van der Waals surface area contributed by atoms with E-state index in [-0.39, 0.29) is 0 Å². The van der Waals surface area contributed by atoms with E-state index in [1.165, 1.54) is 0 Å². The van der Waals surface area contributed by atoms with Gasteiger partial charge in [-0.2, -0.15) is 0 Å². The van der Waals surface area contributed by atoms with E-state index in [9.17, 15) is 5.11 Å². The molecule has 0 radical (unpaired) electrons. The topological polar surface area (TPSA) is 20.2 Å². The number of halogens is 1. The van der Waals surface area contributed by atoms with Gasteiger partial charge in [0.1, 0.15) is 6.10 Å². The van der Waals surface area contributed by atoms with E-state index in [0.717, 1.165) is 24.8 Å². The molecule has 0 saturated heterocycles. The Morgan fingerprint density at radius 3 is 2.93 bits per heavy atom. The van der Waals surface area contributed by atoms with Gasteiger partial charge < -0.3 is 5.11 Å². The summed E-state index contributed by atoms with van der Waals surface area (Å²) >= 11 is 5.81. The second kappa shape index (κ2) is 6.50. The van der Waals surface area contributed by atoms with Crippen LogP contribution in [0, 0.1) is 11.8 Å². The number of aliphatic hydroxyl groups is 1. The Kier molecular flexibility index (Phi) is 5.25. The zero-order valence-corrected chi connectivity index (χ0v) is 9.59. The molecule has 0 heterocycles. The van der Waals surface area contributed by atoms with Crippen molar-refractivity contribution in [2.45, 2.75) is 32.3 Å². The predicted molar refractivity (Wildman–Crippen MR) is 63.9 cm³/mol. The third-order valence-electron chi connectivity index (χ3n) is 2.04. The van der Waals surface area contributed by atoms with Crippen molar-refractivity contribution in [3.05, 3.63) is 34.9 Å². The van der Waals surface area contributed by atoms with Crippen LogP contribution in [0.4, 0.5) is 0 Å². The third-order valence-corrected chi connectivity index (χ3v) is 2.27. The van der Waals surface area contributed by atoms with E-state index in [2.05, 4.69) is 18.8 Å². The lowest BCUT2D eigenvalue weighted by Gasteiger charge is -1.99. The quantitative estimate of drug-likeness (QED) is 0.779. The van der Waals surface area contributed by atoms with Crippen molar-refractivity contribution >= 4 is 11.6 Å². The van der Waals surface area contributed by atoms with Gasteiger partial charge in [-0.1, -0.05) is 49.3 Å². The monoisotopic (exact) mass is 222 g/mol. The molecule has 0 bridgehead atoms. The first-order valence-corrected chi connectivity index (χ1v) is 5.55. The zero-order valence-electron chi connectivity index (χ0n) is 8.83. The van der Waals surface area contributed by atoms with E-state index in [1.807, 2.05) is 12.1 Å². The number of hydrogen-bond acceptors (Lipinski definition) is 1. The smallest absolute Gasteiger partial charge is 0.115 e. The molecule has 1 aromatic rings. The summed E-state index contributed by atoms with van der Waals surface area (Å²) in [6.45, 7) is 2.09. The van der Waals surface area contributed by atoms with Gasteiger partial charge in [-0.3, -0.25) is 0 Å². The summed E-state index contributed by atoms with van der Waals surface area (Å²) in [6.07, 6.45) is 2.30. The molecule has 1 unspecified atom stereocenters. The second-order valence-electron chi connectivity index (χ2n) is 3.44. The SMILES string of the molecule is CCCCC(O)C#Cc1cccc(Cl)c1. The first-order valence-electron chi connectivity index (χ1n) is 5.17. The maximum absolute atomic E-state index is 9.50. The molecule has 0 aliphatic rings. The Balaban J connectivity index is 2.57. The maximum atomic E-state index is 9.50. The van der Waals surface area contributed by atoms with Crippen LogP contribution >= 0.6 is 11.6 Å². The van der Waals surface area contributed by atoms with E-state index < -0.39 is 6.10 Å². The molecule has 15 heavy (non-hydrogen) atoms. The van der Waals surface area contributed by atoms with Crippen molar-refractivity contribution < 1.29 is 5.11 Å². The van der Waals surface area contributed by atoms with Crippen LogP contribution in [0.5, 0.6) is 0 Å². The van der Waals surface area contributed by atoms with Crippen molar-refractivity contribution in [3.8, 4) is 11.8 Å². The highest BCUT2D eigenvalue weighted by Crippen LogP contribution is 2.09. The molecule has 1 atom stereocenters. The molecular formula is C13H15ClO. The van der Waals surface area contributed by atoms with Crippen molar-refractivity contribution in [3.63, 3.8) is 0 Å². The Labute approximate surface area is 96.1 Å². The summed E-state index contributed by atoms with van der Waals surface area (Å²) in [7, 11) is 0. The summed E-state index contributed by atoms with van der Waals surface area (Å²) < 4.78 is 0. The Bertz CT molecular complexity index is 362. The van der Waals surface area contributed by atoms with Crippen LogP contribution in [0.2, 0.25) is 5.02 Å². The fourth-order valence-corrected chi connectivity index (χ4v) is 1.39. The molecule has 1 nitrogen and oxygen atoms in total. The molecule has 0 aromatic heterocycles. The van der Waals surface area contributed by atoms with Gasteiger partial charge in [0.25, 0.3) is 0 Å². The minimum atomic E-state index is -0.524. The van der Waals surface area contributed by atoms with E-state index in [1.54, 1.807) is 12.1 Å². The fraction of sp³-hybridized carbons (Fsp3) is 0.385. The van der Waals surface area contributed by atoms with Gasteiger partial charge in [0.2, 0.25) is 0 Å². The molecular weight excluding hydrogens is 208 g/mol. The number of aliphatic hydroxyl groups excluding tert-OH is 1. The Hall–Kier alpha value is -0.970. The first-order chi connectivity index (χ1) is 7.22. The average Bonchev–Trinajstić information content (AvgIpc) is 2.23. The van der Waals surface area contributed by atoms with Gasteiger partial charge in [0.05, 0.1) is 0 Å². The lowest BCUT2D eigenvalue weighted by molar-refractivity contribution is 0.218. The van der Waals surface area contributed by atoms with Crippen molar-refractivity contribution in [1.82, 2.24) is 0 Å². The average molecular weight is 223 g/mol. The normalized spacial score (nSPS) is 11.7. The zero-order chi connectivity index (χ0) is 11.1. The van der Waals surface area contributed by atoms with Crippen molar-refractivity contribution in [1.29, 1.82) is 0 Å². The van der Waals surface area contributed by atoms with Crippen molar-refractivity contribution in [2.24, 2.45) is 0 Å². The highest BCUT2D eigenvalue weighted by atomic mass is 35.5. The van der Waals surface area contributed by atoms with Gasteiger partial charge in [0, 0.05) is 10.6 Å².